The molecule has 0 spiro atoms. The number of hydrazine groups is 2. The number of likely N-dealkylation sites (N-methyl/N-ethyl adjacent to an activating group) is 1. The number of rotatable bonds is 3. The summed E-state index contributed by atoms with van der Waals surface area (Å²) in [6.45, 7) is 0. The number of thiazole rings is 1. The van der Waals surface area contributed by atoms with Crippen LogP contribution in [0.25, 0.3) is 10.6 Å². The van der Waals surface area contributed by atoms with Crippen LogP contribution in [0.4, 0.5) is 0 Å². The number of nitrogens with one attached hydrogen (secondary N) is 1. The predicted octanol–water partition coefficient (Wildman–Crippen LogP) is 1.60. The maximum Gasteiger partial charge on any atom is 0.197 e. The molecule has 0 fully saturated rings. The Bertz CT molecular complexity index is 696. The van der Waals surface area contributed by atoms with Crippen LogP contribution in [0, 0.1) is 0 Å². The molecular weight excluding hydrogens is 288 g/mol. The van der Waals surface area contributed by atoms with E-state index >= 15 is 0 Å². The van der Waals surface area contributed by atoms with E-state index in [0.717, 1.165) is 10.6 Å². The Morgan fingerprint density at radius 2 is 2.05 bits per heavy atom. The minimum Gasteiger partial charge on any atom is -0.410 e. The van der Waals surface area contributed by atoms with Crippen molar-refractivity contribution >= 4 is 22.9 Å². The minimum absolute atomic E-state index is 0.327. The van der Waals surface area contributed by atoms with Gasteiger partial charge in [0.15, 0.2) is 11.5 Å². The highest BCUT2D eigenvalue weighted by Crippen LogP contribution is 2.24. The van der Waals surface area contributed by atoms with Crippen molar-refractivity contribution in [1.82, 2.24) is 20.6 Å². The number of oxime groups is 1. The monoisotopic (exact) mass is 302 g/mol. The summed E-state index contributed by atoms with van der Waals surface area (Å²) in [5.41, 5.74) is 4.72. The van der Waals surface area contributed by atoms with Crippen LogP contribution in [0.15, 0.2) is 46.0 Å². The fraction of sp³-hybridized carbons (Fsp3) is 0.154. The Kier molecular flexibility index (Phi) is 3.55. The molecule has 0 saturated carbocycles. The first-order chi connectivity index (χ1) is 10.2. The number of hydrogen-bond acceptors (Lipinski definition) is 8. The van der Waals surface area contributed by atoms with Crippen molar-refractivity contribution in [2.24, 2.45) is 10.3 Å². The molecule has 1 aliphatic rings. The fourth-order valence-corrected chi connectivity index (χ4v) is 2.72. The van der Waals surface area contributed by atoms with E-state index in [1.165, 1.54) is 11.3 Å². The predicted molar refractivity (Wildman–Crippen MR) is 82.0 cm³/mol. The molecule has 0 unspecified atom stereocenters. The molecule has 7 nitrogen and oxygen atoms in total. The average molecular weight is 302 g/mol. The molecule has 0 bridgehead atoms. The SMILES string of the molecule is CN1NN=C(/C(=N/O)c2csc(-c3ccccc3)n2)N1C. The van der Waals surface area contributed by atoms with Crippen LogP contribution < -0.4 is 5.53 Å². The molecule has 21 heavy (non-hydrogen) atoms. The molecule has 0 atom stereocenters. The van der Waals surface area contributed by atoms with Gasteiger partial charge in [0.1, 0.15) is 10.7 Å². The zero-order valence-electron chi connectivity index (χ0n) is 11.6. The van der Waals surface area contributed by atoms with Crippen molar-refractivity contribution in [3.8, 4) is 10.6 Å². The third kappa shape index (κ3) is 2.46. The summed E-state index contributed by atoms with van der Waals surface area (Å²) in [5, 5.41) is 22.9. The van der Waals surface area contributed by atoms with Crippen LogP contribution >= 0.6 is 11.3 Å². The maximum absolute atomic E-state index is 9.32. The first-order valence-electron chi connectivity index (χ1n) is 6.25. The Labute approximate surface area is 125 Å². The van der Waals surface area contributed by atoms with E-state index in [1.54, 1.807) is 10.1 Å². The van der Waals surface area contributed by atoms with Crippen molar-refractivity contribution in [2.45, 2.75) is 0 Å². The third-order valence-electron chi connectivity index (χ3n) is 3.14. The molecule has 0 amide bonds. The molecule has 108 valence electrons. The molecule has 0 aliphatic carbocycles. The second kappa shape index (κ2) is 5.51. The standard InChI is InChI=1S/C13H14N6OS/c1-18-12(15-17-19(18)2)11(16-20)10-8-21-13(14-10)9-6-4-3-5-7-9/h3-8,17,20H,1-2H3/b16-11+. The third-order valence-corrected chi connectivity index (χ3v) is 4.03. The van der Waals surface area contributed by atoms with Crippen molar-refractivity contribution < 1.29 is 5.21 Å². The van der Waals surface area contributed by atoms with Crippen molar-refractivity contribution in [2.75, 3.05) is 14.1 Å². The molecular formula is C13H14N6OS. The minimum atomic E-state index is 0.327. The maximum atomic E-state index is 9.32. The molecule has 1 aliphatic heterocycles. The zero-order chi connectivity index (χ0) is 14.8. The van der Waals surface area contributed by atoms with Crippen LogP contribution in [0.5, 0.6) is 0 Å². The van der Waals surface area contributed by atoms with Crippen LogP contribution in [0.3, 0.4) is 0 Å². The van der Waals surface area contributed by atoms with Gasteiger partial charge in [-0.1, -0.05) is 35.5 Å². The molecule has 2 N–H and O–H groups in total. The molecule has 0 saturated heterocycles. The average Bonchev–Trinajstić information content (AvgIpc) is 3.12. The quantitative estimate of drug-likeness (QED) is 0.511. The van der Waals surface area contributed by atoms with Gasteiger partial charge in [-0.15, -0.1) is 21.6 Å². The zero-order valence-corrected chi connectivity index (χ0v) is 12.4. The highest BCUT2D eigenvalue weighted by Gasteiger charge is 2.26. The van der Waals surface area contributed by atoms with Crippen molar-refractivity contribution in [1.29, 1.82) is 0 Å². The molecule has 1 aromatic carbocycles. The van der Waals surface area contributed by atoms with Gasteiger partial charge in [0.2, 0.25) is 0 Å². The Morgan fingerprint density at radius 1 is 1.29 bits per heavy atom. The van der Waals surface area contributed by atoms with Crippen LogP contribution in [0.2, 0.25) is 0 Å². The highest BCUT2D eigenvalue weighted by molar-refractivity contribution is 7.13. The molecule has 2 aromatic rings. The van der Waals surface area contributed by atoms with Crippen LogP contribution in [-0.2, 0) is 0 Å². The van der Waals surface area contributed by atoms with Crippen LogP contribution in [0.1, 0.15) is 5.69 Å². The summed E-state index contributed by atoms with van der Waals surface area (Å²) in [7, 11) is 3.62. The van der Waals surface area contributed by atoms with E-state index in [4.69, 9.17) is 0 Å². The highest BCUT2D eigenvalue weighted by atomic mass is 32.1. The van der Waals surface area contributed by atoms with Gasteiger partial charge < -0.3 is 5.21 Å². The molecule has 3 rings (SSSR count). The van der Waals surface area contributed by atoms with Gasteiger partial charge in [0.25, 0.3) is 0 Å². The summed E-state index contributed by atoms with van der Waals surface area (Å²) in [6, 6.07) is 9.87. The number of amidine groups is 1. The van der Waals surface area contributed by atoms with E-state index in [9.17, 15) is 5.21 Å². The molecule has 0 radical (unpaired) electrons. The number of benzene rings is 1. The molecule has 1 aromatic heterocycles. The van der Waals surface area contributed by atoms with E-state index in [-0.39, 0.29) is 0 Å². The molecule has 2 heterocycles. The van der Waals surface area contributed by atoms with Crippen LogP contribution in [-0.4, -0.2) is 46.0 Å². The summed E-state index contributed by atoms with van der Waals surface area (Å²) in [5.74, 6) is 0.505. The summed E-state index contributed by atoms with van der Waals surface area (Å²) in [6.07, 6.45) is 0. The first kappa shape index (κ1) is 13.5. The normalized spacial score (nSPS) is 16.0. The largest absolute Gasteiger partial charge is 0.410 e. The fourth-order valence-electron chi connectivity index (χ4n) is 1.91. The van der Waals surface area contributed by atoms with E-state index in [0.29, 0.717) is 17.2 Å². The Hall–Kier alpha value is -2.45. The Balaban J connectivity index is 1.92. The first-order valence-corrected chi connectivity index (χ1v) is 7.13. The molecule has 8 heteroatoms. The van der Waals surface area contributed by atoms with Gasteiger partial charge in [0, 0.05) is 25.0 Å². The lowest BCUT2D eigenvalue weighted by Crippen LogP contribution is -2.42. The summed E-state index contributed by atoms with van der Waals surface area (Å²) in [4.78, 5) is 4.53. The van der Waals surface area contributed by atoms with Crippen molar-refractivity contribution in [3.63, 3.8) is 0 Å². The van der Waals surface area contributed by atoms with Gasteiger partial charge in [-0.25, -0.2) is 10.5 Å². The second-order valence-electron chi connectivity index (χ2n) is 4.44. The van der Waals surface area contributed by atoms with Gasteiger partial charge in [0.05, 0.1) is 0 Å². The second-order valence-corrected chi connectivity index (χ2v) is 5.29. The van der Waals surface area contributed by atoms with E-state index in [2.05, 4.69) is 20.8 Å². The van der Waals surface area contributed by atoms with E-state index < -0.39 is 0 Å². The van der Waals surface area contributed by atoms with Gasteiger partial charge >= 0.3 is 0 Å². The summed E-state index contributed by atoms with van der Waals surface area (Å²) < 4.78 is 0. The van der Waals surface area contributed by atoms with Crippen molar-refractivity contribution in [3.05, 3.63) is 41.4 Å². The van der Waals surface area contributed by atoms with Gasteiger partial charge in [-0.05, 0) is 0 Å². The number of nitrogens with zero attached hydrogens (tertiary/aromatic N) is 5. The Morgan fingerprint density at radius 3 is 2.67 bits per heavy atom. The lowest BCUT2D eigenvalue weighted by atomic mass is 10.2. The lowest BCUT2D eigenvalue weighted by Gasteiger charge is -2.20. The number of hydrogen-bond donors (Lipinski definition) is 2. The topological polar surface area (TPSA) is 76.3 Å². The van der Waals surface area contributed by atoms with Gasteiger partial charge in [-0.3, -0.25) is 5.01 Å². The number of aromatic nitrogens is 1. The number of hydrazone groups is 1. The van der Waals surface area contributed by atoms with Gasteiger partial charge in [-0.2, -0.15) is 0 Å². The lowest BCUT2D eigenvalue weighted by molar-refractivity contribution is 0.0738. The summed E-state index contributed by atoms with van der Waals surface area (Å²) >= 11 is 1.50. The smallest absolute Gasteiger partial charge is 0.197 e. The van der Waals surface area contributed by atoms with E-state index in [1.807, 2.05) is 49.8 Å².